The summed E-state index contributed by atoms with van der Waals surface area (Å²) in [7, 11) is 0. The molecule has 0 aliphatic carbocycles. The number of benzene rings is 1. The molecular weight excluding hydrogens is 288 g/mol. The summed E-state index contributed by atoms with van der Waals surface area (Å²) in [6, 6.07) is 11.8. The van der Waals surface area contributed by atoms with Gasteiger partial charge >= 0.3 is 0 Å². The summed E-state index contributed by atoms with van der Waals surface area (Å²) < 4.78 is 5.90. The van der Waals surface area contributed by atoms with Gasteiger partial charge in [0, 0.05) is 24.4 Å². The Morgan fingerprint density at radius 3 is 3.00 bits per heavy atom. The molecule has 0 N–H and O–H groups in total. The normalized spacial score (nSPS) is 19.7. The van der Waals surface area contributed by atoms with E-state index < -0.39 is 5.38 Å². The minimum Gasteiger partial charge on any atom is -0.472 e. The lowest BCUT2D eigenvalue weighted by Crippen LogP contribution is -2.35. The molecule has 1 amide bonds. The molecule has 21 heavy (non-hydrogen) atoms. The Kier molecular flexibility index (Phi) is 3.97. The van der Waals surface area contributed by atoms with Gasteiger partial charge in [-0.1, -0.05) is 18.2 Å². The Balaban J connectivity index is 1.67. The van der Waals surface area contributed by atoms with Crippen LogP contribution in [0.5, 0.6) is 5.88 Å². The first-order valence-corrected chi connectivity index (χ1v) is 7.52. The van der Waals surface area contributed by atoms with E-state index in [-0.39, 0.29) is 12.0 Å². The zero-order chi connectivity index (χ0) is 14.8. The summed E-state index contributed by atoms with van der Waals surface area (Å²) in [4.78, 5) is 18.1. The molecule has 0 bridgehead atoms. The highest BCUT2D eigenvalue weighted by atomic mass is 35.5. The lowest BCUT2D eigenvalue weighted by molar-refractivity contribution is -0.129. The number of ether oxygens (including phenoxy) is 1. The van der Waals surface area contributed by atoms with Crippen LogP contribution in [-0.2, 0) is 4.79 Å². The van der Waals surface area contributed by atoms with Gasteiger partial charge in [0.2, 0.25) is 11.8 Å². The monoisotopic (exact) mass is 304 g/mol. The number of fused-ring (bicyclic) bond motifs is 1. The van der Waals surface area contributed by atoms with Crippen LogP contribution < -0.4 is 4.74 Å². The van der Waals surface area contributed by atoms with Crippen LogP contribution in [0.1, 0.15) is 13.3 Å². The van der Waals surface area contributed by atoms with Crippen molar-refractivity contribution < 1.29 is 9.53 Å². The minimum atomic E-state index is -0.484. The van der Waals surface area contributed by atoms with E-state index in [2.05, 4.69) is 4.98 Å². The predicted molar refractivity (Wildman–Crippen MR) is 82.7 cm³/mol. The number of amides is 1. The van der Waals surface area contributed by atoms with Crippen molar-refractivity contribution in [3.63, 3.8) is 0 Å². The predicted octanol–water partition coefficient (Wildman–Crippen LogP) is 2.84. The lowest BCUT2D eigenvalue weighted by atomic mass is 10.2. The highest BCUT2D eigenvalue weighted by Gasteiger charge is 2.29. The van der Waals surface area contributed by atoms with Crippen LogP contribution in [0.4, 0.5) is 0 Å². The first-order valence-electron chi connectivity index (χ1n) is 7.09. The molecule has 2 atom stereocenters. The van der Waals surface area contributed by atoms with E-state index in [9.17, 15) is 4.79 Å². The largest absolute Gasteiger partial charge is 0.472 e. The van der Waals surface area contributed by atoms with Gasteiger partial charge in [-0.2, -0.15) is 0 Å². The number of nitrogens with zero attached hydrogens (tertiary/aromatic N) is 2. The Labute approximate surface area is 128 Å². The molecule has 1 saturated heterocycles. The minimum absolute atomic E-state index is 0.0157. The summed E-state index contributed by atoms with van der Waals surface area (Å²) in [6.45, 7) is 2.96. The standard InChI is InChI=1S/C16H17ClN2O2/c1-11(17)16(20)19-9-8-13(10-19)21-15-7-6-12-4-2-3-5-14(12)18-15/h2-7,11,13H,8-10H2,1H3. The molecule has 1 aliphatic rings. The molecule has 2 heterocycles. The molecule has 1 aliphatic heterocycles. The van der Waals surface area contributed by atoms with Crippen molar-refractivity contribution in [2.45, 2.75) is 24.8 Å². The smallest absolute Gasteiger partial charge is 0.240 e. The van der Waals surface area contributed by atoms with Crippen LogP contribution in [0, 0.1) is 0 Å². The van der Waals surface area contributed by atoms with Crippen LogP contribution in [0.3, 0.4) is 0 Å². The second-order valence-corrected chi connectivity index (χ2v) is 5.93. The van der Waals surface area contributed by atoms with Gasteiger partial charge in [-0.25, -0.2) is 4.98 Å². The maximum absolute atomic E-state index is 11.8. The molecule has 4 nitrogen and oxygen atoms in total. The Morgan fingerprint density at radius 2 is 2.19 bits per heavy atom. The second-order valence-electron chi connectivity index (χ2n) is 5.27. The molecule has 0 radical (unpaired) electrons. The summed E-state index contributed by atoms with van der Waals surface area (Å²) in [5.74, 6) is 0.571. The van der Waals surface area contributed by atoms with Gasteiger partial charge in [-0.3, -0.25) is 4.79 Å². The molecule has 3 rings (SSSR count). The van der Waals surface area contributed by atoms with Crippen molar-refractivity contribution in [3.05, 3.63) is 36.4 Å². The van der Waals surface area contributed by atoms with Crippen LogP contribution in [0.25, 0.3) is 10.9 Å². The van der Waals surface area contributed by atoms with Crippen molar-refractivity contribution in [2.75, 3.05) is 13.1 Å². The summed E-state index contributed by atoms with van der Waals surface area (Å²) >= 11 is 5.84. The number of pyridine rings is 1. The van der Waals surface area contributed by atoms with Crippen LogP contribution >= 0.6 is 11.6 Å². The van der Waals surface area contributed by atoms with Crippen molar-refractivity contribution >= 4 is 28.4 Å². The van der Waals surface area contributed by atoms with Crippen molar-refractivity contribution in [3.8, 4) is 5.88 Å². The first kappa shape index (κ1) is 14.1. The van der Waals surface area contributed by atoms with Gasteiger partial charge < -0.3 is 9.64 Å². The summed E-state index contributed by atoms with van der Waals surface area (Å²) in [5.41, 5.74) is 0.912. The molecule has 2 aromatic rings. The highest BCUT2D eigenvalue weighted by molar-refractivity contribution is 6.30. The van der Waals surface area contributed by atoms with Gasteiger partial charge in [0.05, 0.1) is 12.1 Å². The Bertz CT molecular complexity index is 660. The topological polar surface area (TPSA) is 42.4 Å². The third-order valence-electron chi connectivity index (χ3n) is 3.66. The maximum Gasteiger partial charge on any atom is 0.240 e. The molecule has 5 heteroatoms. The number of carbonyl (C=O) groups is 1. The van der Waals surface area contributed by atoms with E-state index in [4.69, 9.17) is 16.3 Å². The molecule has 0 spiro atoms. The Morgan fingerprint density at radius 1 is 1.38 bits per heavy atom. The van der Waals surface area contributed by atoms with Crippen molar-refractivity contribution in [1.29, 1.82) is 0 Å². The van der Waals surface area contributed by atoms with Crippen LogP contribution in [0.2, 0.25) is 0 Å². The summed E-state index contributed by atoms with van der Waals surface area (Å²) in [6.07, 6.45) is 0.794. The van der Waals surface area contributed by atoms with E-state index in [0.29, 0.717) is 19.0 Å². The van der Waals surface area contributed by atoms with Gasteiger partial charge in [0.15, 0.2) is 0 Å². The lowest BCUT2D eigenvalue weighted by Gasteiger charge is -2.18. The number of hydrogen-bond acceptors (Lipinski definition) is 3. The van der Waals surface area contributed by atoms with E-state index in [1.807, 2.05) is 36.4 Å². The van der Waals surface area contributed by atoms with E-state index in [0.717, 1.165) is 17.3 Å². The molecule has 1 aromatic carbocycles. The zero-order valence-corrected chi connectivity index (χ0v) is 12.6. The number of likely N-dealkylation sites (tertiary alicyclic amines) is 1. The SMILES string of the molecule is CC(Cl)C(=O)N1CCC(Oc2ccc3ccccc3n2)C1. The molecule has 1 fully saturated rings. The summed E-state index contributed by atoms with van der Waals surface area (Å²) in [5, 5.41) is 0.603. The number of alkyl halides is 1. The highest BCUT2D eigenvalue weighted by Crippen LogP contribution is 2.21. The number of rotatable bonds is 3. The fourth-order valence-corrected chi connectivity index (χ4v) is 2.70. The number of halogens is 1. The van der Waals surface area contributed by atoms with Crippen LogP contribution in [-0.4, -0.2) is 40.4 Å². The van der Waals surface area contributed by atoms with Gasteiger partial charge in [-0.15, -0.1) is 11.6 Å². The molecule has 0 saturated carbocycles. The Hall–Kier alpha value is -1.81. The molecule has 2 unspecified atom stereocenters. The van der Waals surface area contributed by atoms with E-state index in [1.54, 1.807) is 11.8 Å². The van der Waals surface area contributed by atoms with Gasteiger partial charge in [0.1, 0.15) is 11.5 Å². The first-order chi connectivity index (χ1) is 10.1. The molecular formula is C16H17ClN2O2. The molecule has 110 valence electrons. The van der Waals surface area contributed by atoms with Gasteiger partial charge in [0.25, 0.3) is 0 Å². The quantitative estimate of drug-likeness (QED) is 0.819. The third-order valence-corrected chi connectivity index (χ3v) is 3.84. The average molecular weight is 305 g/mol. The number of aromatic nitrogens is 1. The number of para-hydroxylation sites is 1. The van der Waals surface area contributed by atoms with Crippen molar-refractivity contribution in [1.82, 2.24) is 9.88 Å². The molecule has 1 aromatic heterocycles. The fraction of sp³-hybridized carbons (Fsp3) is 0.375. The third kappa shape index (κ3) is 3.10. The second kappa shape index (κ2) is 5.90. The van der Waals surface area contributed by atoms with Crippen LogP contribution in [0.15, 0.2) is 36.4 Å². The fourth-order valence-electron chi connectivity index (χ4n) is 2.56. The average Bonchev–Trinajstić information content (AvgIpc) is 2.94. The maximum atomic E-state index is 11.8. The van der Waals surface area contributed by atoms with E-state index in [1.165, 1.54) is 0 Å². The van der Waals surface area contributed by atoms with Gasteiger partial charge in [-0.05, 0) is 19.1 Å². The number of hydrogen-bond donors (Lipinski definition) is 0. The van der Waals surface area contributed by atoms with E-state index >= 15 is 0 Å². The zero-order valence-electron chi connectivity index (χ0n) is 11.8. The van der Waals surface area contributed by atoms with Crippen molar-refractivity contribution in [2.24, 2.45) is 0 Å². The number of carbonyl (C=O) groups excluding carboxylic acids is 1.